The van der Waals surface area contributed by atoms with E-state index in [0.717, 1.165) is 36.7 Å². The lowest BCUT2D eigenvalue weighted by molar-refractivity contribution is 0.00583. The number of nitrogens with zero attached hydrogens (tertiary/aromatic N) is 6. The predicted octanol–water partition coefficient (Wildman–Crippen LogP) is 1.29. The fourth-order valence-electron chi connectivity index (χ4n) is 3.32. The van der Waals surface area contributed by atoms with Crippen molar-refractivity contribution in [2.24, 2.45) is 0 Å². The Balaban J connectivity index is 1.54. The van der Waals surface area contributed by atoms with Gasteiger partial charge < -0.3 is 10.0 Å². The van der Waals surface area contributed by atoms with Crippen molar-refractivity contribution in [3.8, 4) is 0 Å². The Hall–Kier alpha value is -2.02. The van der Waals surface area contributed by atoms with Crippen molar-refractivity contribution < 1.29 is 5.11 Å². The third kappa shape index (κ3) is 3.19. The Morgan fingerprint density at radius 2 is 2.22 bits per heavy atom. The number of rotatable bonds is 4. The first-order valence-corrected chi connectivity index (χ1v) is 8.28. The van der Waals surface area contributed by atoms with Crippen molar-refractivity contribution in [2.45, 2.75) is 50.7 Å². The summed E-state index contributed by atoms with van der Waals surface area (Å²) in [6.45, 7) is 3.96. The largest absolute Gasteiger partial charge is 0.386 e. The van der Waals surface area contributed by atoms with E-state index in [0.29, 0.717) is 19.0 Å². The van der Waals surface area contributed by atoms with Gasteiger partial charge >= 0.3 is 0 Å². The average Bonchev–Trinajstić information content (AvgIpc) is 3.26. The second kappa shape index (κ2) is 5.56. The van der Waals surface area contributed by atoms with Crippen LogP contribution in [0.25, 0.3) is 0 Å². The Bertz CT molecular complexity index is 684. The number of aliphatic hydroxyl groups is 1. The van der Waals surface area contributed by atoms with Crippen molar-refractivity contribution in [3.05, 3.63) is 30.0 Å². The van der Waals surface area contributed by atoms with E-state index < -0.39 is 5.60 Å². The van der Waals surface area contributed by atoms with E-state index in [1.54, 1.807) is 17.1 Å². The van der Waals surface area contributed by atoms with E-state index in [2.05, 4.69) is 20.2 Å². The van der Waals surface area contributed by atoms with Gasteiger partial charge in [0.25, 0.3) is 0 Å². The highest BCUT2D eigenvalue weighted by atomic mass is 16.3. The molecule has 2 aromatic rings. The SMILES string of the molecule is Cc1cc(N2CCCC(O)(Cn3ccnn3)C2)nc(C2CC2)n1. The molecule has 1 N–H and O–H groups in total. The molecule has 2 aromatic heterocycles. The number of piperidine rings is 1. The fraction of sp³-hybridized carbons (Fsp3) is 0.625. The van der Waals surface area contributed by atoms with Gasteiger partial charge in [0.15, 0.2) is 0 Å². The lowest BCUT2D eigenvalue weighted by Gasteiger charge is -2.39. The highest BCUT2D eigenvalue weighted by Gasteiger charge is 2.35. The van der Waals surface area contributed by atoms with E-state index in [9.17, 15) is 5.11 Å². The second-order valence-corrected chi connectivity index (χ2v) is 6.85. The molecule has 0 amide bonds. The monoisotopic (exact) mass is 314 g/mol. The first-order chi connectivity index (χ1) is 11.1. The summed E-state index contributed by atoms with van der Waals surface area (Å²) in [5.74, 6) is 2.44. The molecule has 0 aromatic carbocycles. The zero-order valence-electron chi connectivity index (χ0n) is 13.4. The summed E-state index contributed by atoms with van der Waals surface area (Å²) in [5.41, 5.74) is 0.201. The maximum Gasteiger partial charge on any atom is 0.134 e. The molecule has 1 aliphatic heterocycles. The molecule has 23 heavy (non-hydrogen) atoms. The first-order valence-electron chi connectivity index (χ1n) is 8.28. The van der Waals surface area contributed by atoms with Crippen LogP contribution in [0.5, 0.6) is 0 Å². The van der Waals surface area contributed by atoms with Gasteiger partial charge in [-0.15, -0.1) is 5.10 Å². The molecular formula is C16H22N6O. The van der Waals surface area contributed by atoms with E-state index >= 15 is 0 Å². The van der Waals surface area contributed by atoms with Crippen LogP contribution in [0.1, 0.15) is 43.1 Å². The van der Waals surface area contributed by atoms with Gasteiger partial charge in [-0.1, -0.05) is 5.21 Å². The number of aromatic nitrogens is 5. The standard InChI is InChI=1S/C16H22N6O/c1-12-9-14(19-15(18-12)13-3-4-13)21-7-2-5-16(23,10-21)11-22-8-6-17-20-22/h6,8-9,13,23H,2-5,7,10-11H2,1H3. The molecule has 1 aliphatic carbocycles. The summed E-state index contributed by atoms with van der Waals surface area (Å²) in [6, 6.07) is 2.02. The summed E-state index contributed by atoms with van der Waals surface area (Å²) in [6.07, 6.45) is 7.52. The van der Waals surface area contributed by atoms with Crippen LogP contribution in [0.15, 0.2) is 18.5 Å². The quantitative estimate of drug-likeness (QED) is 0.916. The Kier molecular flexibility index (Phi) is 3.52. The lowest BCUT2D eigenvalue weighted by Crippen LogP contribution is -2.51. The van der Waals surface area contributed by atoms with Gasteiger partial charge in [-0.2, -0.15) is 0 Å². The summed E-state index contributed by atoms with van der Waals surface area (Å²) in [5, 5.41) is 18.7. The van der Waals surface area contributed by atoms with Crippen LogP contribution in [0.2, 0.25) is 0 Å². The molecule has 0 bridgehead atoms. The number of β-amino-alcohol motifs (C(OH)–C–C–N with tert-alkyl or cyclic N) is 1. The maximum absolute atomic E-state index is 11.0. The van der Waals surface area contributed by atoms with E-state index in [4.69, 9.17) is 4.98 Å². The van der Waals surface area contributed by atoms with Gasteiger partial charge in [0.05, 0.1) is 12.7 Å². The Morgan fingerprint density at radius 1 is 1.35 bits per heavy atom. The van der Waals surface area contributed by atoms with Crippen LogP contribution in [-0.2, 0) is 6.54 Å². The molecule has 0 spiro atoms. The van der Waals surface area contributed by atoms with Gasteiger partial charge in [-0.3, -0.25) is 0 Å². The number of hydrogen-bond acceptors (Lipinski definition) is 6. The van der Waals surface area contributed by atoms with E-state index in [-0.39, 0.29) is 0 Å². The van der Waals surface area contributed by atoms with Crippen LogP contribution in [-0.4, -0.2) is 48.8 Å². The van der Waals surface area contributed by atoms with Gasteiger partial charge in [-0.25, -0.2) is 14.6 Å². The summed E-state index contributed by atoms with van der Waals surface area (Å²) in [7, 11) is 0. The Morgan fingerprint density at radius 3 is 2.96 bits per heavy atom. The molecule has 1 unspecified atom stereocenters. The summed E-state index contributed by atoms with van der Waals surface area (Å²) < 4.78 is 1.70. The van der Waals surface area contributed by atoms with Gasteiger partial charge in [0.1, 0.15) is 17.2 Å². The fourth-order valence-corrected chi connectivity index (χ4v) is 3.32. The maximum atomic E-state index is 11.0. The topological polar surface area (TPSA) is 80.0 Å². The van der Waals surface area contributed by atoms with Crippen LogP contribution in [0.3, 0.4) is 0 Å². The van der Waals surface area contributed by atoms with Crippen molar-refractivity contribution in [1.29, 1.82) is 0 Å². The predicted molar refractivity (Wildman–Crippen MR) is 85.2 cm³/mol. The molecule has 0 radical (unpaired) electrons. The third-order valence-electron chi connectivity index (χ3n) is 4.61. The first kappa shape index (κ1) is 14.6. The zero-order chi connectivity index (χ0) is 15.9. The van der Waals surface area contributed by atoms with Crippen molar-refractivity contribution in [3.63, 3.8) is 0 Å². The highest BCUT2D eigenvalue weighted by Crippen LogP contribution is 2.39. The number of anilines is 1. The summed E-state index contributed by atoms with van der Waals surface area (Å²) >= 11 is 0. The highest BCUT2D eigenvalue weighted by molar-refractivity contribution is 5.41. The molecule has 7 heteroatoms. The van der Waals surface area contributed by atoms with Crippen LogP contribution in [0.4, 0.5) is 5.82 Å². The van der Waals surface area contributed by atoms with Crippen molar-refractivity contribution in [1.82, 2.24) is 25.0 Å². The molecule has 4 rings (SSSR count). The van der Waals surface area contributed by atoms with Gasteiger partial charge in [-0.05, 0) is 32.6 Å². The smallest absolute Gasteiger partial charge is 0.134 e. The van der Waals surface area contributed by atoms with Crippen molar-refractivity contribution >= 4 is 5.82 Å². The van der Waals surface area contributed by atoms with E-state index in [1.165, 1.54) is 12.8 Å². The van der Waals surface area contributed by atoms with Crippen molar-refractivity contribution in [2.75, 3.05) is 18.0 Å². The molecule has 1 saturated carbocycles. The molecule has 7 nitrogen and oxygen atoms in total. The Labute approximate surface area is 135 Å². The van der Waals surface area contributed by atoms with E-state index in [1.807, 2.05) is 13.0 Å². The van der Waals surface area contributed by atoms with Crippen LogP contribution in [0, 0.1) is 6.92 Å². The molecule has 122 valence electrons. The number of hydrogen-bond donors (Lipinski definition) is 1. The minimum absolute atomic E-state index is 0.461. The second-order valence-electron chi connectivity index (χ2n) is 6.85. The number of aryl methyl sites for hydroxylation is 1. The average molecular weight is 314 g/mol. The van der Waals surface area contributed by atoms with Crippen LogP contribution < -0.4 is 4.90 Å². The molecule has 2 aliphatic rings. The molecule has 3 heterocycles. The minimum atomic E-state index is -0.801. The molecule has 1 saturated heterocycles. The molecular weight excluding hydrogens is 292 g/mol. The van der Waals surface area contributed by atoms with Crippen LogP contribution >= 0.6 is 0 Å². The molecule has 1 atom stereocenters. The zero-order valence-corrected chi connectivity index (χ0v) is 13.4. The normalized spacial score (nSPS) is 24.9. The molecule has 2 fully saturated rings. The summed E-state index contributed by atoms with van der Waals surface area (Å²) in [4.78, 5) is 11.5. The van der Waals surface area contributed by atoms with Gasteiger partial charge in [0.2, 0.25) is 0 Å². The van der Waals surface area contributed by atoms with Gasteiger partial charge in [0, 0.05) is 37.0 Å². The minimum Gasteiger partial charge on any atom is -0.386 e. The lowest BCUT2D eigenvalue weighted by atomic mass is 9.92. The third-order valence-corrected chi connectivity index (χ3v) is 4.61.